The summed E-state index contributed by atoms with van der Waals surface area (Å²) in [6.07, 6.45) is 0.741. The van der Waals surface area contributed by atoms with E-state index in [9.17, 15) is 4.39 Å². The van der Waals surface area contributed by atoms with Gasteiger partial charge in [0.15, 0.2) is 11.6 Å². The second-order valence-electron chi connectivity index (χ2n) is 3.67. The fourth-order valence-corrected chi connectivity index (χ4v) is 1.30. The Morgan fingerprint density at radius 2 is 2.12 bits per heavy atom. The van der Waals surface area contributed by atoms with Crippen LogP contribution in [0.4, 0.5) is 4.39 Å². The van der Waals surface area contributed by atoms with Gasteiger partial charge in [-0.1, -0.05) is 6.07 Å². The van der Waals surface area contributed by atoms with Crippen LogP contribution in [0.2, 0.25) is 0 Å². The van der Waals surface area contributed by atoms with E-state index in [1.54, 1.807) is 19.2 Å². The fourth-order valence-electron chi connectivity index (χ4n) is 1.30. The van der Waals surface area contributed by atoms with Gasteiger partial charge in [0.25, 0.3) is 0 Å². The molecule has 0 amide bonds. The minimum atomic E-state index is -0.368. The summed E-state index contributed by atoms with van der Waals surface area (Å²) in [5.41, 5.74) is 6.41. The molecule has 1 atom stereocenters. The molecule has 0 heterocycles. The topological polar surface area (TPSA) is 44.5 Å². The lowest BCUT2D eigenvalue weighted by Crippen LogP contribution is -2.06. The Balaban J connectivity index is 2.54. The predicted octanol–water partition coefficient (Wildman–Crippen LogP) is 2.26. The molecule has 1 aromatic rings. The Bertz CT molecular complexity index is 329. The average molecular weight is 227 g/mol. The second kappa shape index (κ2) is 6.45. The number of halogens is 1. The van der Waals surface area contributed by atoms with E-state index >= 15 is 0 Å². The molecule has 0 aliphatic heterocycles. The van der Waals surface area contributed by atoms with Crippen LogP contribution in [0.5, 0.6) is 5.75 Å². The van der Waals surface area contributed by atoms with E-state index in [2.05, 4.69) is 0 Å². The van der Waals surface area contributed by atoms with Crippen molar-refractivity contribution in [1.82, 2.24) is 0 Å². The molecule has 16 heavy (non-hydrogen) atoms. The Morgan fingerprint density at radius 3 is 2.69 bits per heavy atom. The van der Waals surface area contributed by atoms with Crippen LogP contribution < -0.4 is 10.5 Å². The summed E-state index contributed by atoms with van der Waals surface area (Å²) in [4.78, 5) is 0. The van der Waals surface area contributed by atoms with Gasteiger partial charge in [0.2, 0.25) is 0 Å². The zero-order chi connectivity index (χ0) is 12.0. The Hall–Kier alpha value is -1.13. The number of methoxy groups -OCH3 is 1. The number of ether oxygens (including phenoxy) is 2. The van der Waals surface area contributed by atoms with Crippen molar-refractivity contribution in [3.63, 3.8) is 0 Å². The molecular weight excluding hydrogens is 209 g/mol. The van der Waals surface area contributed by atoms with Crippen LogP contribution in [0.25, 0.3) is 0 Å². The van der Waals surface area contributed by atoms with Gasteiger partial charge in [0, 0.05) is 26.2 Å². The van der Waals surface area contributed by atoms with Crippen LogP contribution >= 0.6 is 0 Å². The molecule has 0 aliphatic carbocycles. The van der Waals surface area contributed by atoms with Crippen LogP contribution in [0.1, 0.15) is 24.9 Å². The molecule has 2 N–H and O–H groups in total. The number of nitrogens with two attached hydrogens (primary N) is 1. The summed E-state index contributed by atoms with van der Waals surface area (Å²) in [5.74, 6) is -0.104. The lowest BCUT2D eigenvalue weighted by molar-refractivity contribution is 0.170. The summed E-state index contributed by atoms with van der Waals surface area (Å²) < 4.78 is 23.7. The highest BCUT2D eigenvalue weighted by Gasteiger charge is 2.06. The number of benzene rings is 1. The zero-order valence-corrected chi connectivity index (χ0v) is 9.70. The minimum absolute atomic E-state index is 0.169. The van der Waals surface area contributed by atoms with Gasteiger partial charge < -0.3 is 15.2 Å². The van der Waals surface area contributed by atoms with Crippen LogP contribution in [-0.4, -0.2) is 20.3 Å². The summed E-state index contributed by atoms with van der Waals surface area (Å²) in [6, 6.07) is 4.63. The van der Waals surface area contributed by atoms with Crippen molar-refractivity contribution in [1.29, 1.82) is 0 Å². The predicted molar refractivity (Wildman–Crippen MR) is 61.0 cm³/mol. The minimum Gasteiger partial charge on any atom is -0.490 e. The first-order chi connectivity index (χ1) is 7.65. The number of rotatable bonds is 6. The Morgan fingerprint density at radius 1 is 1.38 bits per heavy atom. The second-order valence-corrected chi connectivity index (χ2v) is 3.67. The third-order valence-electron chi connectivity index (χ3n) is 2.23. The van der Waals surface area contributed by atoms with Crippen molar-refractivity contribution in [2.75, 3.05) is 20.3 Å². The highest BCUT2D eigenvalue weighted by atomic mass is 19.1. The van der Waals surface area contributed by atoms with Gasteiger partial charge in [0.1, 0.15) is 0 Å². The molecule has 0 radical (unpaired) electrons. The quantitative estimate of drug-likeness (QED) is 0.758. The zero-order valence-electron chi connectivity index (χ0n) is 9.70. The van der Waals surface area contributed by atoms with Gasteiger partial charge in [0.05, 0.1) is 6.61 Å². The molecular formula is C12H18FNO2. The summed E-state index contributed by atoms with van der Waals surface area (Å²) in [5, 5.41) is 0. The van der Waals surface area contributed by atoms with Gasteiger partial charge >= 0.3 is 0 Å². The molecule has 0 aliphatic rings. The first kappa shape index (κ1) is 12.9. The van der Waals surface area contributed by atoms with E-state index < -0.39 is 0 Å². The molecule has 1 rings (SSSR count). The Labute approximate surface area is 95.4 Å². The average Bonchev–Trinajstić information content (AvgIpc) is 2.26. The molecule has 0 fully saturated rings. The van der Waals surface area contributed by atoms with Crippen LogP contribution in [0.3, 0.4) is 0 Å². The van der Waals surface area contributed by atoms with E-state index in [1.807, 2.05) is 6.92 Å². The van der Waals surface area contributed by atoms with Gasteiger partial charge in [-0.15, -0.1) is 0 Å². The lowest BCUT2D eigenvalue weighted by atomic mass is 10.1. The molecule has 0 spiro atoms. The van der Waals surface area contributed by atoms with Crippen molar-refractivity contribution < 1.29 is 13.9 Å². The van der Waals surface area contributed by atoms with Crippen molar-refractivity contribution in [3.8, 4) is 5.75 Å². The highest BCUT2D eigenvalue weighted by molar-refractivity contribution is 5.30. The first-order valence-electron chi connectivity index (χ1n) is 5.32. The number of hydrogen-bond donors (Lipinski definition) is 1. The van der Waals surface area contributed by atoms with E-state index in [4.69, 9.17) is 15.2 Å². The van der Waals surface area contributed by atoms with Crippen molar-refractivity contribution >= 4 is 0 Å². The molecule has 0 aromatic heterocycles. The van der Waals surface area contributed by atoms with E-state index in [0.29, 0.717) is 13.2 Å². The molecule has 0 bridgehead atoms. The van der Waals surface area contributed by atoms with E-state index in [1.165, 1.54) is 6.07 Å². The highest BCUT2D eigenvalue weighted by Crippen LogP contribution is 2.21. The maximum absolute atomic E-state index is 13.5. The van der Waals surface area contributed by atoms with Gasteiger partial charge in [-0.2, -0.15) is 0 Å². The molecule has 1 unspecified atom stereocenters. The molecule has 0 saturated carbocycles. The monoisotopic (exact) mass is 227 g/mol. The summed E-state index contributed by atoms with van der Waals surface area (Å²) >= 11 is 0. The molecule has 90 valence electrons. The van der Waals surface area contributed by atoms with Gasteiger partial charge in [-0.3, -0.25) is 0 Å². The third-order valence-corrected chi connectivity index (χ3v) is 2.23. The SMILES string of the molecule is COCCCOc1ccc(C(C)N)cc1F. The standard InChI is InChI=1S/C12H18FNO2/c1-9(14)10-4-5-12(11(13)8-10)16-7-3-6-15-2/h4-5,8-9H,3,6-7,14H2,1-2H3. The first-order valence-corrected chi connectivity index (χ1v) is 5.32. The maximum Gasteiger partial charge on any atom is 0.165 e. The van der Waals surface area contributed by atoms with Crippen LogP contribution in [-0.2, 0) is 4.74 Å². The van der Waals surface area contributed by atoms with Crippen molar-refractivity contribution in [2.24, 2.45) is 5.73 Å². The normalized spacial score (nSPS) is 12.5. The number of hydrogen-bond acceptors (Lipinski definition) is 3. The smallest absolute Gasteiger partial charge is 0.165 e. The van der Waals surface area contributed by atoms with Gasteiger partial charge in [-0.25, -0.2) is 4.39 Å². The van der Waals surface area contributed by atoms with Crippen molar-refractivity contribution in [2.45, 2.75) is 19.4 Å². The molecule has 1 aromatic carbocycles. The van der Waals surface area contributed by atoms with E-state index in [-0.39, 0.29) is 17.6 Å². The van der Waals surface area contributed by atoms with Crippen molar-refractivity contribution in [3.05, 3.63) is 29.6 Å². The van der Waals surface area contributed by atoms with Crippen LogP contribution in [0, 0.1) is 5.82 Å². The Kier molecular flexibility index (Phi) is 5.22. The third kappa shape index (κ3) is 3.79. The van der Waals surface area contributed by atoms with Gasteiger partial charge in [-0.05, 0) is 24.6 Å². The fraction of sp³-hybridized carbons (Fsp3) is 0.500. The maximum atomic E-state index is 13.5. The molecule has 4 heteroatoms. The van der Waals surface area contributed by atoms with Crippen LogP contribution in [0.15, 0.2) is 18.2 Å². The summed E-state index contributed by atoms with van der Waals surface area (Å²) in [7, 11) is 1.62. The summed E-state index contributed by atoms with van der Waals surface area (Å²) in [6.45, 7) is 2.87. The molecule has 0 saturated heterocycles. The lowest BCUT2D eigenvalue weighted by Gasteiger charge is -2.10. The molecule has 3 nitrogen and oxygen atoms in total. The van der Waals surface area contributed by atoms with E-state index in [0.717, 1.165) is 12.0 Å². The largest absolute Gasteiger partial charge is 0.490 e.